The lowest BCUT2D eigenvalue weighted by Crippen LogP contribution is -2.12. The average molecular weight is 395 g/mol. The van der Waals surface area contributed by atoms with Gasteiger partial charge in [0.25, 0.3) is 5.91 Å². The molecule has 0 unspecified atom stereocenters. The normalized spacial score (nSPS) is 10.7. The number of halogens is 2. The van der Waals surface area contributed by atoms with E-state index in [4.69, 9.17) is 0 Å². The van der Waals surface area contributed by atoms with E-state index in [1.165, 1.54) is 0 Å². The zero-order valence-corrected chi connectivity index (χ0v) is 13.3. The smallest absolute Gasteiger partial charge is 0.256 e. The molecule has 3 aromatic rings. The number of benzene rings is 2. The van der Waals surface area contributed by atoms with Crippen LogP contribution in [0.3, 0.4) is 0 Å². The highest BCUT2D eigenvalue weighted by atomic mass is 79.9. The van der Waals surface area contributed by atoms with E-state index < -0.39 is 0 Å². The maximum atomic E-state index is 12.4. The molecule has 2 N–H and O–H groups in total. The molecule has 0 aliphatic rings. The van der Waals surface area contributed by atoms with Gasteiger partial charge in [0.1, 0.15) is 0 Å². The number of hydrogen-bond acceptors (Lipinski definition) is 2. The van der Waals surface area contributed by atoms with Crippen LogP contribution >= 0.6 is 31.9 Å². The minimum absolute atomic E-state index is 0.174. The maximum absolute atomic E-state index is 12.4. The minimum Gasteiger partial charge on any atom is -0.321 e. The molecule has 20 heavy (non-hydrogen) atoms. The number of fused-ring (bicyclic) bond motifs is 1. The third-order valence-electron chi connectivity index (χ3n) is 2.91. The minimum atomic E-state index is -0.174. The molecule has 0 spiro atoms. The second-order valence-corrected chi connectivity index (χ2v) is 5.99. The summed E-state index contributed by atoms with van der Waals surface area (Å²) in [6.45, 7) is 0. The first-order chi connectivity index (χ1) is 9.65. The number of carbonyl (C=O) groups excluding carboxylic acids is 1. The van der Waals surface area contributed by atoms with Crippen LogP contribution in [0.4, 0.5) is 5.69 Å². The Labute approximate surface area is 131 Å². The Bertz CT molecular complexity index is 798. The van der Waals surface area contributed by atoms with E-state index in [9.17, 15) is 4.79 Å². The van der Waals surface area contributed by atoms with E-state index in [1.807, 2.05) is 30.3 Å². The van der Waals surface area contributed by atoms with Gasteiger partial charge in [-0.25, -0.2) is 0 Å². The molecule has 0 saturated heterocycles. The molecule has 0 aliphatic carbocycles. The van der Waals surface area contributed by atoms with Gasteiger partial charge in [-0.1, -0.05) is 22.0 Å². The second kappa shape index (κ2) is 5.38. The van der Waals surface area contributed by atoms with E-state index >= 15 is 0 Å². The van der Waals surface area contributed by atoms with Crippen LogP contribution in [0.15, 0.2) is 51.5 Å². The number of hydrogen-bond donors (Lipinski definition) is 2. The molecule has 0 radical (unpaired) electrons. The molecule has 2 aromatic carbocycles. The molecular formula is C14H9Br2N3O. The van der Waals surface area contributed by atoms with Crippen molar-refractivity contribution >= 4 is 54.4 Å². The Morgan fingerprint density at radius 3 is 2.90 bits per heavy atom. The molecule has 6 heteroatoms. The zero-order valence-electron chi connectivity index (χ0n) is 10.2. The van der Waals surface area contributed by atoms with Gasteiger partial charge in [0.15, 0.2) is 0 Å². The lowest BCUT2D eigenvalue weighted by atomic mass is 10.2. The second-order valence-electron chi connectivity index (χ2n) is 4.22. The Hall–Kier alpha value is -1.66. The molecule has 0 saturated carbocycles. The largest absolute Gasteiger partial charge is 0.321 e. The highest BCUT2D eigenvalue weighted by Gasteiger charge is 2.12. The van der Waals surface area contributed by atoms with Gasteiger partial charge in [0, 0.05) is 14.3 Å². The van der Waals surface area contributed by atoms with Gasteiger partial charge in [0.2, 0.25) is 0 Å². The Kier molecular flexibility index (Phi) is 3.58. The van der Waals surface area contributed by atoms with Gasteiger partial charge >= 0.3 is 0 Å². The van der Waals surface area contributed by atoms with Crippen LogP contribution in [-0.2, 0) is 0 Å². The number of rotatable bonds is 2. The summed E-state index contributed by atoms with van der Waals surface area (Å²) in [5.74, 6) is -0.174. The van der Waals surface area contributed by atoms with Crippen LogP contribution in [-0.4, -0.2) is 16.1 Å². The number of H-pyrrole nitrogens is 1. The zero-order chi connectivity index (χ0) is 14.1. The van der Waals surface area contributed by atoms with Crippen LogP contribution in [0, 0.1) is 0 Å². The van der Waals surface area contributed by atoms with E-state index in [-0.39, 0.29) is 5.91 Å². The molecule has 0 bridgehead atoms. The molecule has 1 amide bonds. The fourth-order valence-corrected chi connectivity index (χ4v) is 2.73. The Morgan fingerprint density at radius 2 is 2.05 bits per heavy atom. The standard InChI is InChI=1S/C14H9Br2N3O/c15-8-4-5-11(16)9(6-8)14(20)18-12-2-1-3-13-10(12)7-17-19-13/h1-7H,(H,17,19)(H,18,20). The van der Waals surface area contributed by atoms with Crippen molar-refractivity contribution in [3.63, 3.8) is 0 Å². The number of nitrogens with one attached hydrogen (secondary N) is 2. The summed E-state index contributed by atoms with van der Waals surface area (Å²) in [6, 6.07) is 11.1. The predicted octanol–water partition coefficient (Wildman–Crippen LogP) is 4.34. The number of amides is 1. The lowest BCUT2D eigenvalue weighted by molar-refractivity contribution is 0.102. The van der Waals surface area contributed by atoms with Crippen LogP contribution < -0.4 is 5.32 Å². The monoisotopic (exact) mass is 393 g/mol. The molecule has 4 nitrogen and oxygen atoms in total. The number of aromatic nitrogens is 2. The van der Waals surface area contributed by atoms with Crippen molar-refractivity contribution in [1.29, 1.82) is 0 Å². The van der Waals surface area contributed by atoms with Gasteiger partial charge in [-0.2, -0.15) is 5.10 Å². The van der Waals surface area contributed by atoms with E-state index in [0.29, 0.717) is 5.56 Å². The van der Waals surface area contributed by atoms with Gasteiger partial charge in [-0.05, 0) is 46.3 Å². The van der Waals surface area contributed by atoms with Crippen LogP contribution in [0.25, 0.3) is 10.9 Å². The molecule has 1 aromatic heterocycles. The van der Waals surface area contributed by atoms with Gasteiger partial charge in [-0.15, -0.1) is 0 Å². The SMILES string of the molecule is O=C(Nc1cccc2[nH]ncc12)c1cc(Br)ccc1Br. The quantitative estimate of drug-likeness (QED) is 0.679. The van der Waals surface area contributed by atoms with Crippen LogP contribution in [0.1, 0.15) is 10.4 Å². The Balaban J connectivity index is 1.96. The van der Waals surface area contributed by atoms with E-state index in [1.54, 1.807) is 12.3 Å². The first kappa shape index (κ1) is 13.3. The van der Waals surface area contributed by atoms with Gasteiger partial charge in [0.05, 0.1) is 23.0 Å². The third kappa shape index (κ3) is 2.48. The van der Waals surface area contributed by atoms with Crippen molar-refractivity contribution in [1.82, 2.24) is 10.2 Å². The molecular weight excluding hydrogens is 386 g/mol. The molecule has 0 aliphatic heterocycles. The predicted molar refractivity (Wildman–Crippen MR) is 85.9 cm³/mol. The van der Waals surface area contributed by atoms with Gasteiger partial charge < -0.3 is 5.32 Å². The molecule has 0 fully saturated rings. The number of carbonyl (C=O) groups is 1. The van der Waals surface area contributed by atoms with Crippen molar-refractivity contribution in [3.8, 4) is 0 Å². The highest BCUT2D eigenvalue weighted by molar-refractivity contribution is 9.11. The number of anilines is 1. The van der Waals surface area contributed by atoms with Crippen molar-refractivity contribution in [2.75, 3.05) is 5.32 Å². The average Bonchev–Trinajstić information content (AvgIpc) is 2.91. The molecule has 0 atom stereocenters. The summed E-state index contributed by atoms with van der Waals surface area (Å²) in [5.41, 5.74) is 2.18. The van der Waals surface area contributed by atoms with Crippen LogP contribution in [0.2, 0.25) is 0 Å². The summed E-state index contributed by atoms with van der Waals surface area (Å²) in [6.07, 6.45) is 1.70. The summed E-state index contributed by atoms with van der Waals surface area (Å²) in [4.78, 5) is 12.4. The molecule has 1 heterocycles. The summed E-state index contributed by atoms with van der Waals surface area (Å²) in [5, 5.41) is 10.6. The fraction of sp³-hybridized carbons (Fsp3) is 0. The summed E-state index contributed by atoms with van der Waals surface area (Å²) in [7, 11) is 0. The topological polar surface area (TPSA) is 57.8 Å². The van der Waals surface area contributed by atoms with Crippen molar-refractivity contribution in [2.24, 2.45) is 0 Å². The lowest BCUT2D eigenvalue weighted by Gasteiger charge is -2.08. The third-order valence-corrected chi connectivity index (χ3v) is 4.09. The molecule has 100 valence electrons. The van der Waals surface area contributed by atoms with E-state index in [2.05, 4.69) is 47.4 Å². The Morgan fingerprint density at radius 1 is 1.20 bits per heavy atom. The van der Waals surface area contributed by atoms with Crippen molar-refractivity contribution in [2.45, 2.75) is 0 Å². The highest BCUT2D eigenvalue weighted by Crippen LogP contribution is 2.25. The van der Waals surface area contributed by atoms with Crippen molar-refractivity contribution < 1.29 is 4.79 Å². The summed E-state index contributed by atoms with van der Waals surface area (Å²) < 4.78 is 1.60. The van der Waals surface area contributed by atoms with Gasteiger partial charge in [-0.3, -0.25) is 9.89 Å². The number of nitrogens with zero attached hydrogens (tertiary/aromatic N) is 1. The van der Waals surface area contributed by atoms with Crippen molar-refractivity contribution in [3.05, 3.63) is 57.1 Å². The fourth-order valence-electron chi connectivity index (χ4n) is 1.94. The number of aromatic amines is 1. The van der Waals surface area contributed by atoms with Crippen LogP contribution in [0.5, 0.6) is 0 Å². The first-order valence-electron chi connectivity index (χ1n) is 5.83. The summed E-state index contributed by atoms with van der Waals surface area (Å²) >= 11 is 6.75. The maximum Gasteiger partial charge on any atom is 0.256 e. The first-order valence-corrected chi connectivity index (χ1v) is 7.42. The molecule has 3 rings (SSSR count). The van der Waals surface area contributed by atoms with E-state index in [0.717, 1.165) is 25.5 Å².